The molecule has 1 aliphatic heterocycles. The Morgan fingerprint density at radius 2 is 2.21 bits per heavy atom. The minimum Gasteiger partial charge on any atom is -0.383 e. The van der Waals surface area contributed by atoms with Crippen molar-refractivity contribution in [2.24, 2.45) is 5.92 Å². The molecule has 2 aliphatic rings. The van der Waals surface area contributed by atoms with Gasteiger partial charge in [0.2, 0.25) is 5.91 Å². The van der Waals surface area contributed by atoms with Crippen LogP contribution in [0.3, 0.4) is 0 Å². The molecule has 2 atom stereocenters. The first kappa shape index (κ1) is 19.3. The van der Waals surface area contributed by atoms with E-state index >= 15 is 0 Å². The second kappa shape index (κ2) is 7.40. The topological polar surface area (TPSA) is 106 Å². The number of fused-ring (bicyclic) bond motifs is 1. The summed E-state index contributed by atoms with van der Waals surface area (Å²) >= 11 is 0. The quantitative estimate of drug-likeness (QED) is 0.572. The van der Waals surface area contributed by atoms with Crippen molar-refractivity contribution in [1.82, 2.24) is 20.6 Å². The molecule has 0 aromatic carbocycles. The zero-order valence-electron chi connectivity index (χ0n) is 15.4. The van der Waals surface area contributed by atoms with Crippen molar-refractivity contribution in [2.45, 2.75) is 25.1 Å². The summed E-state index contributed by atoms with van der Waals surface area (Å²) in [5.74, 6) is -0.440. The van der Waals surface area contributed by atoms with Crippen molar-refractivity contribution < 1.29 is 18.0 Å². The summed E-state index contributed by atoms with van der Waals surface area (Å²) in [5, 5.41) is 18.5. The first-order chi connectivity index (χ1) is 13.9. The van der Waals surface area contributed by atoms with E-state index in [1.54, 1.807) is 6.20 Å². The smallest absolute Gasteiger partial charge is 0.383 e. The van der Waals surface area contributed by atoms with Crippen LogP contribution in [0.2, 0.25) is 0 Å². The number of H-pyrrole nitrogens is 1. The first-order valence-corrected chi connectivity index (χ1v) is 9.24. The van der Waals surface area contributed by atoms with Crippen LogP contribution in [0.4, 0.5) is 18.9 Å². The minimum absolute atomic E-state index is 0.203. The SMILES string of the molecule is N#Cc1cnc2[nH]ccc2c1NC[C@H]1CC2=C(C1)[C@@H](C(=O)NCC(F)(F)F)NC2. The van der Waals surface area contributed by atoms with Gasteiger partial charge in [-0.1, -0.05) is 5.57 Å². The third-order valence-electron chi connectivity index (χ3n) is 5.37. The van der Waals surface area contributed by atoms with Crippen LogP contribution in [-0.2, 0) is 4.79 Å². The molecule has 4 rings (SSSR count). The van der Waals surface area contributed by atoms with Crippen LogP contribution in [0, 0.1) is 17.2 Å². The highest BCUT2D eigenvalue weighted by Gasteiger charge is 2.38. The molecular formula is C19H19F3N6O. The standard InChI is InChI=1S/C19H19F3N6O/c20-19(21,22)9-28-18(29)16-14-4-10(3-11(14)7-26-16)6-25-15-12(5-23)8-27-17-13(15)1-2-24-17/h1-2,8,10,16,26H,3-4,6-7,9H2,(H,28,29)(H2,24,25,27)/t10-,16-/m0/s1. The maximum Gasteiger partial charge on any atom is 0.405 e. The summed E-state index contributed by atoms with van der Waals surface area (Å²) in [7, 11) is 0. The molecule has 0 saturated heterocycles. The van der Waals surface area contributed by atoms with Gasteiger partial charge in [0.05, 0.1) is 11.3 Å². The van der Waals surface area contributed by atoms with Gasteiger partial charge >= 0.3 is 6.18 Å². The second-order valence-electron chi connectivity index (χ2n) is 7.33. The Labute approximate surface area is 164 Å². The van der Waals surface area contributed by atoms with Gasteiger partial charge < -0.3 is 15.6 Å². The molecule has 0 spiro atoms. The molecule has 152 valence electrons. The van der Waals surface area contributed by atoms with E-state index in [0.717, 1.165) is 23.0 Å². The molecule has 0 radical (unpaired) electrons. The van der Waals surface area contributed by atoms with Gasteiger partial charge in [-0.25, -0.2) is 4.98 Å². The van der Waals surface area contributed by atoms with Gasteiger partial charge in [-0.15, -0.1) is 0 Å². The number of halogens is 3. The number of aromatic amines is 1. The van der Waals surface area contributed by atoms with Gasteiger partial charge in [0.1, 0.15) is 24.3 Å². The summed E-state index contributed by atoms with van der Waals surface area (Å²) < 4.78 is 37.1. The van der Waals surface area contributed by atoms with E-state index in [2.05, 4.69) is 26.7 Å². The third kappa shape index (κ3) is 3.91. The normalized spacial score (nSPS) is 21.3. The summed E-state index contributed by atoms with van der Waals surface area (Å²) in [4.78, 5) is 19.4. The number of rotatable bonds is 5. The molecule has 29 heavy (non-hydrogen) atoms. The fraction of sp³-hybridized carbons (Fsp3) is 0.421. The second-order valence-corrected chi connectivity index (χ2v) is 7.33. The van der Waals surface area contributed by atoms with Gasteiger partial charge in [-0.2, -0.15) is 18.4 Å². The number of hydrogen-bond acceptors (Lipinski definition) is 5. The van der Waals surface area contributed by atoms with Crippen LogP contribution in [0.25, 0.3) is 11.0 Å². The van der Waals surface area contributed by atoms with E-state index in [4.69, 9.17) is 0 Å². The molecule has 4 N–H and O–H groups in total. The van der Waals surface area contributed by atoms with E-state index < -0.39 is 24.7 Å². The van der Waals surface area contributed by atoms with Gasteiger partial charge in [-0.3, -0.25) is 10.1 Å². The highest BCUT2D eigenvalue weighted by molar-refractivity contribution is 5.92. The number of pyridine rings is 1. The maximum atomic E-state index is 12.4. The number of amides is 1. The van der Waals surface area contributed by atoms with Crippen LogP contribution in [0.5, 0.6) is 0 Å². The Bertz CT molecular complexity index is 1020. The number of carbonyl (C=O) groups excluding carboxylic acids is 1. The van der Waals surface area contributed by atoms with Gasteiger partial charge in [0, 0.05) is 30.9 Å². The molecule has 10 heteroatoms. The van der Waals surface area contributed by atoms with Crippen molar-refractivity contribution in [1.29, 1.82) is 5.26 Å². The summed E-state index contributed by atoms with van der Waals surface area (Å²) in [6.45, 7) is -0.233. The lowest BCUT2D eigenvalue weighted by Gasteiger charge is -2.19. The fourth-order valence-corrected chi connectivity index (χ4v) is 4.08. The Balaban J connectivity index is 1.39. The predicted molar refractivity (Wildman–Crippen MR) is 99.9 cm³/mol. The number of alkyl halides is 3. The van der Waals surface area contributed by atoms with E-state index in [9.17, 15) is 23.2 Å². The highest BCUT2D eigenvalue weighted by Crippen LogP contribution is 2.37. The lowest BCUT2D eigenvalue weighted by molar-refractivity contribution is -0.139. The largest absolute Gasteiger partial charge is 0.405 e. The van der Waals surface area contributed by atoms with Crippen molar-refractivity contribution in [3.05, 3.63) is 35.2 Å². The van der Waals surface area contributed by atoms with Gasteiger partial charge in [0.15, 0.2) is 0 Å². The molecule has 3 heterocycles. The van der Waals surface area contributed by atoms with E-state index in [0.29, 0.717) is 36.4 Å². The number of anilines is 1. The van der Waals surface area contributed by atoms with Gasteiger partial charge in [0.25, 0.3) is 0 Å². The number of aromatic nitrogens is 2. The van der Waals surface area contributed by atoms with Crippen LogP contribution in [0.1, 0.15) is 18.4 Å². The molecule has 0 unspecified atom stereocenters. The monoisotopic (exact) mass is 404 g/mol. The third-order valence-corrected chi connectivity index (χ3v) is 5.37. The molecule has 0 saturated carbocycles. The van der Waals surface area contributed by atoms with E-state index in [-0.39, 0.29) is 5.92 Å². The number of nitrogens with one attached hydrogen (secondary N) is 4. The summed E-state index contributed by atoms with van der Waals surface area (Å²) in [6, 6.07) is 3.28. The Kier molecular flexibility index (Phi) is 4.92. The molecule has 1 amide bonds. The molecule has 2 aromatic heterocycles. The maximum absolute atomic E-state index is 12.4. The highest BCUT2D eigenvalue weighted by atomic mass is 19.4. The average molecular weight is 404 g/mol. The Morgan fingerprint density at radius 1 is 1.38 bits per heavy atom. The molecule has 1 aliphatic carbocycles. The average Bonchev–Trinajstić information content (AvgIpc) is 3.38. The predicted octanol–water partition coefficient (Wildman–Crippen LogP) is 2.20. The zero-order chi connectivity index (χ0) is 20.6. The molecule has 0 bridgehead atoms. The van der Waals surface area contributed by atoms with E-state index in [1.165, 1.54) is 6.20 Å². The van der Waals surface area contributed by atoms with Crippen molar-refractivity contribution >= 4 is 22.6 Å². The van der Waals surface area contributed by atoms with Crippen LogP contribution < -0.4 is 16.0 Å². The van der Waals surface area contributed by atoms with Crippen LogP contribution in [0.15, 0.2) is 29.6 Å². The molecule has 7 nitrogen and oxygen atoms in total. The lowest BCUT2D eigenvalue weighted by Crippen LogP contribution is -2.45. The molecule has 2 aromatic rings. The minimum atomic E-state index is -4.43. The van der Waals surface area contributed by atoms with Crippen molar-refractivity contribution in [3.63, 3.8) is 0 Å². The Hall–Kier alpha value is -3.06. The van der Waals surface area contributed by atoms with Crippen molar-refractivity contribution in [2.75, 3.05) is 25.0 Å². The van der Waals surface area contributed by atoms with E-state index in [1.807, 2.05) is 11.4 Å². The number of nitrogens with zero attached hydrogens (tertiary/aromatic N) is 2. The fourth-order valence-electron chi connectivity index (χ4n) is 4.08. The Morgan fingerprint density at radius 3 is 2.97 bits per heavy atom. The summed E-state index contributed by atoms with van der Waals surface area (Å²) in [5.41, 5.74) is 3.82. The first-order valence-electron chi connectivity index (χ1n) is 9.24. The molecule has 0 fully saturated rings. The van der Waals surface area contributed by atoms with Crippen LogP contribution in [-0.4, -0.2) is 47.7 Å². The van der Waals surface area contributed by atoms with Crippen molar-refractivity contribution in [3.8, 4) is 6.07 Å². The lowest BCUT2D eigenvalue weighted by atomic mass is 10.0. The van der Waals surface area contributed by atoms with Gasteiger partial charge in [-0.05, 0) is 30.4 Å². The zero-order valence-corrected chi connectivity index (χ0v) is 15.4. The molecular weight excluding hydrogens is 385 g/mol. The number of nitriles is 1. The number of hydrogen-bond donors (Lipinski definition) is 4. The van der Waals surface area contributed by atoms with Crippen LogP contribution >= 0.6 is 0 Å². The summed E-state index contributed by atoms with van der Waals surface area (Å²) in [6.07, 6.45) is 0.231. The number of carbonyl (C=O) groups is 1.